The maximum atomic E-state index is 11.1. The fourth-order valence-electron chi connectivity index (χ4n) is 1.79. The van der Waals surface area contributed by atoms with Gasteiger partial charge in [-0.1, -0.05) is 0 Å². The molecule has 0 aromatic rings. The van der Waals surface area contributed by atoms with Gasteiger partial charge in [0.15, 0.2) is 6.10 Å². The van der Waals surface area contributed by atoms with Crippen LogP contribution in [0, 0.1) is 17.2 Å². The Morgan fingerprint density at radius 3 is 2.15 bits per heavy atom. The highest BCUT2D eigenvalue weighted by Crippen LogP contribution is 2.30. The van der Waals surface area contributed by atoms with Crippen molar-refractivity contribution in [2.75, 3.05) is 6.61 Å². The van der Waals surface area contributed by atoms with Crippen LogP contribution in [0.5, 0.6) is 0 Å². The average Bonchev–Trinajstić information content (AvgIpc) is 2.62. The van der Waals surface area contributed by atoms with Gasteiger partial charge in [0.1, 0.15) is 18.6 Å². The van der Waals surface area contributed by atoms with E-state index in [0.29, 0.717) is 0 Å². The van der Waals surface area contributed by atoms with Gasteiger partial charge in [-0.25, -0.2) is 0 Å². The zero-order valence-corrected chi connectivity index (χ0v) is 11.3. The summed E-state index contributed by atoms with van der Waals surface area (Å²) >= 11 is 0. The van der Waals surface area contributed by atoms with E-state index >= 15 is 0 Å². The van der Waals surface area contributed by atoms with Crippen LogP contribution in [0.4, 0.5) is 0 Å². The highest BCUT2D eigenvalue weighted by Gasteiger charge is 2.49. The van der Waals surface area contributed by atoms with E-state index < -0.39 is 42.3 Å². The van der Waals surface area contributed by atoms with E-state index in [1.54, 1.807) is 0 Å². The summed E-state index contributed by atoms with van der Waals surface area (Å²) in [4.78, 5) is 32.8. The van der Waals surface area contributed by atoms with Crippen molar-refractivity contribution in [3.05, 3.63) is 0 Å². The minimum Gasteiger partial charge on any atom is -0.463 e. The van der Waals surface area contributed by atoms with Crippen LogP contribution in [-0.4, -0.2) is 43.0 Å². The molecule has 1 heterocycles. The maximum Gasteiger partial charge on any atom is 0.305 e. The van der Waals surface area contributed by atoms with E-state index in [1.165, 1.54) is 13.8 Å². The number of ether oxygens (including phenoxy) is 4. The van der Waals surface area contributed by atoms with E-state index in [2.05, 4.69) is 0 Å². The van der Waals surface area contributed by atoms with Gasteiger partial charge in [-0.05, 0) is 0 Å². The lowest BCUT2D eigenvalue weighted by atomic mass is 10.0. The van der Waals surface area contributed by atoms with Crippen LogP contribution in [-0.2, 0) is 33.3 Å². The number of nitrogens with zero attached hydrogens (tertiary/aromatic N) is 1. The molecule has 0 aromatic carbocycles. The number of esters is 3. The molecule has 0 spiro atoms. The van der Waals surface area contributed by atoms with Crippen molar-refractivity contribution >= 4 is 17.9 Å². The predicted molar refractivity (Wildman–Crippen MR) is 61.7 cm³/mol. The smallest absolute Gasteiger partial charge is 0.305 e. The van der Waals surface area contributed by atoms with Gasteiger partial charge in [-0.15, -0.1) is 0 Å². The van der Waals surface area contributed by atoms with Crippen LogP contribution in [0.1, 0.15) is 20.8 Å². The van der Waals surface area contributed by atoms with Gasteiger partial charge in [-0.2, -0.15) is 5.26 Å². The van der Waals surface area contributed by atoms with Gasteiger partial charge in [0.05, 0.1) is 6.07 Å². The molecule has 0 unspecified atom stereocenters. The first-order chi connectivity index (χ1) is 9.35. The fraction of sp³-hybridized carbons (Fsp3) is 0.667. The molecule has 1 fully saturated rings. The Balaban J connectivity index is 2.84. The van der Waals surface area contributed by atoms with Crippen molar-refractivity contribution < 1.29 is 33.3 Å². The second-order valence-corrected chi connectivity index (χ2v) is 4.18. The molecule has 0 radical (unpaired) electrons. The summed E-state index contributed by atoms with van der Waals surface area (Å²) < 4.78 is 19.9. The van der Waals surface area contributed by atoms with E-state index in [0.717, 1.165) is 6.92 Å². The fourth-order valence-corrected chi connectivity index (χ4v) is 1.79. The molecular weight excluding hydrogens is 270 g/mol. The third-order valence-corrected chi connectivity index (χ3v) is 2.52. The summed E-state index contributed by atoms with van der Waals surface area (Å²) in [5, 5.41) is 9.13. The first-order valence-electron chi connectivity index (χ1n) is 5.88. The molecule has 1 aliphatic heterocycles. The van der Waals surface area contributed by atoms with Crippen molar-refractivity contribution in [2.24, 2.45) is 5.92 Å². The monoisotopic (exact) mass is 285 g/mol. The Labute approximate surface area is 115 Å². The molecule has 110 valence electrons. The number of carbonyl (C=O) groups excluding carboxylic acids is 3. The van der Waals surface area contributed by atoms with Crippen LogP contribution in [0.3, 0.4) is 0 Å². The lowest BCUT2D eigenvalue weighted by Gasteiger charge is -2.18. The van der Waals surface area contributed by atoms with Crippen molar-refractivity contribution in [3.63, 3.8) is 0 Å². The average molecular weight is 285 g/mol. The highest BCUT2D eigenvalue weighted by atomic mass is 16.7. The SMILES string of the molecule is CC(=O)OC[C@H]1O[C@@H](OC(C)=O)[C@H](OC(C)=O)[C@@H]1C#N. The molecule has 0 amide bonds. The van der Waals surface area contributed by atoms with Gasteiger partial charge in [0, 0.05) is 20.8 Å². The standard InChI is InChI=1S/C12H15NO7/c1-6(14)17-5-10-9(4-13)11(18-7(2)15)12(20-10)19-8(3)16/h9-12H,5H2,1-3H3/t9-,10-,11-,12-/m1/s1. The Morgan fingerprint density at radius 2 is 1.70 bits per heavy atom. The van der Waals surface area contributed by atoms with E-state index in [9.17, 15) is 14.4 Å². The van der Waals surface area contributed by atoms with E-state index in [1.807, 2.05) is 6.07 Å². The Kier molecular flexibility index (Phi) is 5.46. The molecule has 0 bridgehead atoms. The van der Waals surface area contributed by atoms with Crippen LogP contribution in [0.2, 0.25) is 0 Å². The summed E-state index contributed by atoms with van der Waals surface area (Å²) in [5.41, 5.74) is 0. The zero-order valence-electron chi connectivity index (χ0n) is 11.3. The van der Waals surface area contributed by atoms with Crippen LogP contribution >= 0.6 is 0 Å². The third-order valence-electron chi connectivity index (χ3n) is 2.52. The summed E-state index contributed by atoms with van der Waals surface area (Å²) in [5.74, 6) is -2.71. The molecule has 1 rings (SSSR count). The molecule has 0 aromatic heterocycles. The van der Waals surface area contributed by atoms with Crippen molar-refractivity contribution in [3.8, 4) is 6.07 Å². The van der Waals surface area contributed by atoms with Gasteiger partial charge in [0.25, 0.3) is 0 Å². The Hall–Kier alpha value is -2.14. The van der Waals surface area contributed by atoms with Crippen LogP contribution < -0.4 is 0 Å². The lowest BCUT2D eigenvalue weighted by molar-refractivity contribution is -0.196. The Morgan fingerprint density at radius 1 is 1.10 bits per heavy atom. The molecule has 0 saturated carbocycles. The second-order valence-electron chi connectivity index (χ2n) is 4.18. The van der Waals surface area contributed by atoms with E-state index in [-0.39, 0.29) is 6.61 Å². The normalized spacial score (nSPS) is 28.3. The van der Waals surface area contributed by atoms with Crippen molar-refractivity contribution in [1.29, 1.82) is 5.26 Å². The summed E-state index contributed by atoms with van der Waals surface area (Å²) in [6, 6.07) is 1.91. The molecule has 4 atom stereocenters. The van der Waals surface area contributed by atoms with E-state index in [4.69, 9.17) is 24.2 Å². The quantitative estimate of drug-likeness (QED) is 0.520. The van der Waals surface area contributed by atoms with Crippen molar-refractivity contribution in [2.45, 2.75) is 39.3 Å². The first kappa shape index (κ1) is 15.9. The second kappa shape index (κ2) is 6.86. The molecule has 1 saturated heterocycles. The summed E-state index contributed by atoms with van der Waals surface area (Å²) in [7, 11) is 0. The van der Waals surface area contributed by atoms with Gasteiger partial charge >= 0.3 is 17.9 Å². The number of rotatable bonds is 4. The topological polar surface area (TPSA) is 112 Å². The first-order valence-corrected chi connectivity index (χ1v) is 5.88. The van der Waals surface area contributed by atoms with Crippen LogP contribution in [0.25, 0.3) is 0 Å². The molecular formula is C12H15NO7. The minimum absolute atomic E-state index is 0.191. The van der Waals surface area contributed by atoms with Gasteiger partial charge in [0.2, 0.25) is 6.29 Å². The molecule has 1 aliphatic rings. The number of hydrogen-bond acceptors (Lipinski definition) is 8. The minimum atomic E-state index is -1.19. The lowest BCUT2D eigenvalue weighted by Crippen LogP contribution is -2.34. The highest BCUT2D eigenvalue weighted by molar-refractivity contribution is 5.67. The predicted octanol–water partition coefficient (Wildman–Crippen LogP) is -0.0910. The summed E-state index contributed by atoms with van der Waals surface area (Å²) in [6.45, 7) is 3.35. The third kappa shape index (κ3) is 4.20. The van der Waals surface area contributed by atoms with Crippen molar-refractivity contribution in [1.82, 2.24) is 0 Å². The number of hydrogen-bond donors (Lipinski definition) is 0. The molecule has 8 heteroatoms. The number of nitriles is 1. The molecule has 8 nitrogen and oxygen atoms in total. The molecule has 0 N–H and O–H groups in total. The van der Waals surface area contributed by atoms with Crippen LogP contribution in [0.15, 0.2) is 0 Å². The zero-order chi connectivity index (χ0) is 15.3. The largest absolute Gasteiger partial charge is 0.463 e. The molecule has 20 heavy (non-hydrogen) atoms. The van der Waals surface area contributed by atoms with Gasteiger partial charge in [-0.3, -0.25) is 14.4 Å². The molecule has 0 aliphatic carbocycles. The summed E-state index contributed by atoms with van der Waals surface area (Å²) in [6.07, 6.45) is -3.08. The number of carbonyl (C=O) groups is 3. The maximum absolute atomic E-state index is 11.1. The van der Waals surface area contributed by atoms with Gasteiger partial charge < -0.3 is 18.9 Å². The Bertz CT molecular complexity index is 442.